The second kappa shape index (κ2) is 4.52. The number of hydrogen-bond donors (Lipinski definition) is 1. The van der Waals surface area contributed by atoms with Gasteiger partial charge in [0.15, 0.2) is 0 Å². The van der Waals surface area contributed by atoms with Gasteiger partial charge in [-0.2, -0.15) is 0 Å². The second-order valence-corrected chi connectivity index (χ2v) is 3.32. The molecule has 0 fully saturated rings. The van der Waals surface area contributed by atoms with E-state index in [9.17, 15) is 13.6 Å². The summed E-state index contributed by atoms with van der Waals surface area (Å²) in [6, 6.07) is 0. The number of carbonyl (C=O) groups excluding carboxylic acids is 1. The predicted octanol–water partition coefficient (Wildman–Crippen LogP) is 1.89. The Bertz CT molecular complexity index is 398. The zero-order chi connectivity index (χ0) is 11.6. The Labute approximate surface area is 92.6 Å². The number of pyridine rings is 1. The number of methoxy groups -OCH3 is 1. The Hall–Kier alpha value is -1.24. The lowest BCUT2D eigenvalue weighted by molar-refractivity contribution is 0.0981. The molecule has 0 saturated carbocycles. The van der Waals surface area contributed by atoms with E-state index in [4.69, 9.17) is 10.5 Å². The van der Waals surface area contributed by atoms with E-state index in [2.05, 4.69) is 20.9 Å². The average molecular weight is 281 g/mol. The number of amides is 1. The van der Waals surface area contributed by atoms with Crippen molar-refractivity contribution in [1.29, 1.82) is 0 Å². The summed E-state index contributed by atoms with van der Waals surface area (Å²) in [5.41, 5.74) is 4.09. The fourth-order valence-corrected chi connectivity index (χ4v) is 1.57. The quantitative estimate of drug-likeness (QED) is 0.860. The fraction of sp³-hybridized carbons (Fsp3) is 0.250. The summed E-state index contributed by atoms with van der Waals surface area (Å²) in [5, 5.41) is 0. The van der Waals surface area contributed by atoms with Gasteiger partial charge in [-0.3, -0.25) is 4.79 Å². The number of halogens is 3. The Morgan fingerprint density at radius 3 is 2.67 bits per heavy atom. The van der Waals surface area contributed by atoms with Crippen LogP contribution in [0.15, 0.2) is 10.8 Å². The van der Waals surface area contributed by atoms with Crippen molar-refractivity contribution >= 4 is 21.8 Å². The molecule has 7 heteroatoms. The van der Waals surface area contributed by atoms with E-state index in [0.29, 0.717) is 0 Å². The maximum atomic E-state index is 12.6. The molecule has 2 N–H and O–H groups in total. The van der Waals surface area contributed by atoms with Gasteiger partial charge in [-0.25, -0.2) is 13.8 Å². The average Bonchev–Trinajstić information content (AvgIpc) is 2.16. The first-order valence-corrected chi connectivity index (χ1v) is 4.58. The Kier molecular flexibility index (Phi) is 3.57. The summed E-state index contributed by atoms with van der Waals surface area (Å²) < 4.78 is 29.9. The second-order valence-electron chi connectivity index (χ2n) is 2.57. The number of primary amides is 1. The highest BCUT2D eigenvalue weighted by molar-refractivity contribution is 9.10. The molecule has 15 heavy (non-hydrogen) atoms. The third-order valence-electron chi connectivity index (χ3n) is 1.72. The summed E-state index contributed by atoms with van der Waals surface area (Å²) in [4.78, 5) is 14.6. The van der Waals surface area contributed by atoms with Crippen LogP contribution in [0.2, 0.25) is 0 Å². The van der Waals surface area contributed by atoms with Gasteiger partial charge in [0.1, 0.15) is 10.4 Å². The molecule has 0 aliphatic rings. The molecule has 4 nitrogen and oxygen atoms in total. The minimum atomic E-state index is -2.86. The molecule has 0 saturated heterocycles. The van der Waals surface area contributed by atoms with Gasteiger partial charge in [0.2, 0.25) is 0 Å². The number of aromatic nitrogens is 1. The molecule has 1 rings (SSSR count). The van der Waals surface area contributed by atoms with Gasteiger partial charge in [-0.05, 0) is 15.9 Å². The lowest BCUT2D eigenvalue weighted by Gasteiger charge is -2.11. The van der Waals surface area contributed by atoms with Crippen LogP contribution in [-0.4, -0.2) is 18.0 Å². The molecular formula is C8H7BrF2N2O2. The molecule has 0 aromatic carbocycles. The van der Waals surface area contributed by atoms with E-state index < -0.39 is 17.9 Å². The van der Waals surface area contributed by atoms with Crippen LogP contribution >= 0.6 is 15.9 Å². The normalized spacial score (nSPS) is 10.5. The molecule has 0 bridgehead atoms. The monoisotopic (exact) mass is 280 g/mol. The third kappa shape index (κ3) is 2.23. The molecule has 82 valence electrons. The van der Waals surface area contributed by atoms with Crippen molar-refractivity contribution in [2.45, 2.75) is 6.43 Å². The molecule has 0 aliphatic carbocycles. The molecule has 0 radical (unpaired) electrons. The van der Waals surface area contributed by atoms with Crippen molar-refractivity contribution in [3.8, 4) is 5.75 Å². The molecule has 0 spiro atoms. The molecule has 0 atom stereocenters. The van der Waals surface area contributed by atoms with E-state index in [-0.39, 0.29) is 15.9 Å². The van der Waals surface area contributed by atoms with E-state index >= 15 is 0 Å². The van der Waals surface area contributed by atoms with Crippen LogP contribution in [0, 0.1) is 0 Å². The maximum absolute atomic E-state index is 12.6. The molecule has 1 heterocycles. The Morgan fingerprint density at radius 1 is 1.67 bits per heavy atom. The highest BCUT2D eigenvalue weighted by Crippen LogP contribution is 2.33. The standard InChI is InChI=1S/C8H7BrF2N2O2/c1-15-3-2-13-6(9)5(7(10)11)4(3)8(12)14/h2,7H,1H3,(H2,12,14). The van der Waals surface area contributed by atoms with Gasteiger partial charge in [0.05, 0.1) is 24.4 Å². The molecule has 0 aliphatic heterocycles. The topological polar surface area (TPSA) is 65.2 Å². The minimum Gasteiger partial charge on any atom is -0.494 e. The first-order chi connectivity index (χ1) is 6.99. The first-order valence-electron chi connectivity index (χ1n) is 3.79. The molecular weight excluding hydrogens is 274 g/mol. The van der Waals surface area contributed by atoms with Gasteiger partial charge in [-0.1, -0.05) is 0 Å². The van der Waals surface area contributed by atoms with Gasteiger partial charge in [-0.15, -0.1) is 0 Å². The van der Waals surface area contributed by atoms with Crippen molar-refractivity contribution < 1.29 is 18.3 Å². The van der Waals surface area contributed by atoms with Crippen LogP contribution in [-0.2, 0) is 0 Å². The zero-order valence-electron chi connectivity index (χ0n) is 7.63. The number of hydrogen-bond acceptors (Lipinski definition) is 3. The number of nitrogens with two attached hydrogens (primary N) is 1. The molecule has 1 aromatic heterocycles. The van der Waals surface area contributed by atoms with E-state index in [1.54, 1.807) is 0 Å². The van der Waals surface area contributed by atoms with Crippen molar-refractivity contribution in [1.82, 2.24) is 4.98 Å². The highest BCUT2D eigenvalue weighted by Gasteiger charge is 2.25. The molecule has 1 amide bonds. The van der Waals surface area contributed by atoms with Crippen LogP contribution < -0.4 is 10.5 Å². The van der Waals surface area contributed by atoms with Crippen LogP contribution in [0.1, 0.15) is 22.3 Å². The number of nitrogens with zero attached hydrogens (tertiary/aromatic N) is 1. The van der Waals surface area contributed by atoms with Crippen LogP contribution in [0.5, 0.6) is 5.75 Å². The lowest BCUT2D eigenvalue weighted by Crippen LogP contribution is -2.16. The van der Waals surface area contributed by atoms with Crippen molar-refractivity contribution in [2.75, 3.05) is 7.11 Å². The number of alkyl halides is 2. The van der Waals surface area contributed by atoms with Gasteiger partial charge >= 0.3 is 0 Å². The SMILES string of the molecule is COc1cnc(Br)c(C(F)F)c1C(N)=O. The number of rotatable bonds is 3. The van der Waals surface area contributed by atoms with Crippen molar-refractivity contribution in [3.05, 3.63) is 21.9 Å². The largest absolute Gasteiger partial charge is 0.494 e. The van der Waals surface area contributed by atoms with Crippen molar-refractivity contribution in [2.24, 2.45) is 5.73 Å². The zero-order valence-corrected chi connectivity index (χ0v) is 9.22. The molecule has 0 unspecified atom stereocenters. The van der Waals surface area contributed by atoms with Crippen LogP contribution in [0.4, 0.5) is 8.78 Å². The lowest BCUT2D eigenvalue weighted by atomic mass is 10.1. The third-order valence-corrected chi connectivity index (χ3v) is 2.35. The van der Waals surface area contributed by atoms with Crippen molar-refractivity contribution in [3.63, 3.8) is 0 Å². The number of ether oxygens (including phenoxy) is 1. The maximum Gasteiger partial charge on any atom is 0.267 e. The summed E-state index contributed by atoms with van der Waals surface area (Å²) in [6.07, 6.45) is -1.71. The van der Waals surface area contributed by atoms with Crippen LogP contribution in [0.3, 0.4) is 0 Å². The highest BCUT2D eigenvalue weighted by atomic mass is 79.9. The van der Waals surface area contributed by atoms with E-state index in [1.165, 1.54) is 7.11 Å². The predicted molar refractivity (Wildman–Crippen MR) is 52.0 cm³/mol. The smallest absolute Gasteiger partial charge is 0.267 e. The van der Waals surface area contributed by atoms with E-state index in [1.807, 2.05) is 0 Å². The van der Waals surface area contributed by atoms with Crippen LogP contribution in [0.25, 0.3) is 0 Å². The fourth-order valence-electron chi connectivity index (χ4n) is 1.09. The summed E-state index contributed by atoms with van der Waals surface area (Å²) in [5.74, 6) is -1.05. The Morgan fingerprint density at radius 2 is 2.27 bits per heavy atom. The van der Waals surface area contributed by atoms with E-state index in [0.717, 1.165) is 6.20 Å². The van der Waals surface area contributed by atoms with Gasteiger partial charge in [0.25, 0.3) is 12.3 Å². The van der Waals surface area contributed by atoms with Gasteiger partial charge < -0.3 is 10.5 Å². The number of carbonyl (C=O) groups is 1. The molecule has 1 aromatic rings. The minimum absolute atomic E-state index is 0.0685. The first kappa shape index (κ1) is 11.8. The van der Waals surface area contributed by atoms with Gasteiger partial charge in [0, 0.05) is 0 Å². The summed E-state index contributed by atoms with van der Waals surface area (Å²) in [6.45, 7) is 0. The summed E-state index contributed by atoms with van der Waals surface area (Å²) in [7, 11) is 1.24. The Balaban J connectivity index is 3.51. The summed E-state index contributed by atoms with van der Waals surface area (Å²) >= 11 is 2.82.